The number of rotatable bonds is 8. The van der Waals surface area contributed by atoms with Crippen LogP contribution in [0.25, 0.3) is 0 Å². The van der Waals surface area contributed by atoms with Crippen molar-refractivity contribution < 1.29 is 29.0 Å². The molecule has 1 aromatic carbocycles. The van der Waals surface area contributed by atoms with Crippen LogP contribution in [0.4, 0.5) is 0 Å². The van der Waals surface area contributed by atoms with Crippen molar-refractivity contribution in [3.63, 3.8) is 0 Å². The Morgan fingerprint density at radius 2 is 1.77 bits per heavy atom. The van der Waals surface area contributed by atoms with Gasteiger partial charge in [-0.15, -0.1) is 0 Å². The third-order valence-electron chi connectivity index (χ3n) is 2.66. The molecule has 118 valence electrons. The van der Waals surface area contributed by atoms with Crippen LogP contribution in [0, 0.1) is 0 Å². The van der Waals surface area contributed by atoms with Gasteiger partial charge in [0.15, 0.2) is 5.78 Å². The topological polar surface area (TPSA) is 89.9 Å². The number of benzene rings is 1. The monoisotopic (exact) mass is 306 g/mol. The zero-order valence-corrected chi connectivity index (χ0v) is 12.3. The molecule has 0 aromatic heterocycles. The second-order valence-electron chi connectivity index (χ2n) is 4.53. The van der Waals surface area contributed by atoms with Crippen LogP contribution in [0.3, 0.4) is 0 Å². The summed E-state index contributed by atoms with van der Waals surface area (Å²) in [6, 6.07) is 6.19. The van der Waals surface area contributed by atoms with Crippen LogP contribution in [0.1, 0.15) is 34.1 Å². The Bertz CT molecular complexity index is 562. The summed E-state index contributed by atoms with van der Waals surface area (Å²) in [6.45, 7) is 4.50. The molecule has 22 heavy (non-hydrogen) atoms. The van der Waals surface area contributed by atoms with E-state index in [-0.39, 0.29) is 36.5 Å². The Labute approximate surface area is 128 Å². The number of hydrogen-bond donors (Lipinski definition) is 1. The highest BCUT2D eigenvalue weighted by Crippen LogP contribution is 2.14. The number of esters is 2. The van der Waals surface area contributed by atoms with E-state index in [9.17, 15) is 19.5 Å². The van der Waals surface area contributed by atoms with E-state index in [0.29, 0.717) is 0 Å². The molecule has 0 bridgehead atoms. The lowest BCUT2D eigenvalue weighted by Crippen LogP contribution is -2.17. The van der Waals surface area contributed by atoms with E-state index in [4.69, 9.17) is 4.74 Å². The zero-order valence-electron chi connectivity index (χ0n) is 12.3. The summed E-state index contributed by atoms with van der Waals surface area (Å²) in [4.78, 5) is 34.8. The van der Waals surface area contributed by atoms with Crippen LogP contribution in [0.15, 0.2) is 36.9 Å². The Morgan fingerprint density at radius 3 is 2.36 bits per heavy atom. The minimum Gasteiger partial charge on any atom is -0.459 e. The fraction of sp³-hybridized carbons (Fsp3) is 0.312. The van der Waals surface area contributed by atoms with Gasteiger partial charge in [-0.25, -0.2) is 9.59 Å². The molecule has 0 amide bonds. The first-order valence-electron chi connectivity index (χ1n) is 6.72. The van der Waals surface area contributed by atoms with Crippen molar-refractivity contribution in [2.45, 2.75) is 19.4 Å². The molecule has 0 heterocycles. The Morgan fingerprint density at radius 1 is 1.18 bits per heavy atom. The molecule has 1 N–H and O–H groups in total. The molecule has 0 radical (unpaired) electrons. The zero-order chi connectivity index (χ0) is 16.5. The molecule has 0 fully saturated rings. The van der Waals surface area contributed by atoms with Crippen LogP contribution in [0.2, 0.25) is 0 Å². The lowest BCUT2D eigenvalue weighted by atomic mass is 10.00. The molecule has 1 rings (SSSR count). The minimum atomic E-state index is -0.796. The molecule has 1 aromatic rings. The van der Waals surface area contributed by atoms with E-state index in [1.165, 1.54) is 19.1 Å². The van der Waals surface area contributed by atoms with Gasteiger partial charge in [-0.2, -0.15) is 0 Å². The van der Waals surface area contributed by atoms with E-state index in [1.54, 1.807) is 12.1 Å². The van der Waals surface area contributed by atoms with E-state index < -0.39 is 18.0 Å². The average molecular weight is 306 g/mol. The summed E-state index contributed by atoms with van der Waals surface area (Å²) in [5.41, 5.74) is 0.305. The SMILES string of the molecule is C=CC(=O)OCCOC(=O)c1ccccc1C(=O)CC(C)O. The van der Waals surface area contributed by atoms with Gasteiger partial charge in [0.05, 0.1) is 11.7 Å². The van der Waals surface area contributed by atoms with E-state index >= 15 is 0 Å². The Hall–Kier alpha value is -2.47. The van der Waals surface area contributed by atoms with E-state index in [1.807, 2.05) is 0 Å². The molecule has 1 unspecified atom stereocenters. The lowest BCUT2D eigenvalue weighted by Gasteiger charge is -2.10. The molecule has 0 aliphatic rings. The summed E-state index contributed by atoms with van der Waals surface area (Å²) in [7, 11) is 0. The second-order valence-corrected chi connectivity index (χ2v) is 4.53. The molecule has 6 heteroatoms. The van der Waals surface area contributed by atoms with Crippen LogP contribution in [-0.4, -0.2) is 42.1 Å². The molecule has 0 aliphatic carbocycles. The van der Waals surface area contributed by atoms with Gasteiger partial charge in [-0.1, -0.05) is 24.8 Å². The second kappa shape index (κ2) is 8.74. The van der Waals surface area contributed by atoms with Crippen molar-refractivity contribution in [1.82, 2.24) is 0 Å². The quantitative estimate of drug-likeness (QED) is 0.339. The maximum Gasteiger partial charge on any atom is 0.338 e. The first-order valence-corrected chi connectivity index (χ1v) is 6.72. The van der Waals surface area contributed by atoms with Crippen LogP contribution >= 0.6 is 0 Å². The molecule has 0 spiro atoms. The van der Waals surface area contributed by atoms with Crippen molar-refractivity contribution in [3.05, 3.63) is 48.0 Å². The first kappa shape index (κ1) is 17.6. The Kier molecular flexibility index (Phi) is 6.98. The van der Waals surface area contributed by atoms with Gasteiger partial charge in [-0.3, -0.25) is 4.79 Å². The van der Waals surface area contributed by atoms with Crippen molar-refractivity contribution >= 4 is 17.7 Å². The predicted octanol–water partition coefficient (Wildman–Crippen LogP) is 1.53. The summed E-state index contributed by atoms with van der Waals surface area (Å²) < 4.78 is 9.63. The number of Topliss-reactive ketones (excluding diaryl/α,β-unsaturated/α-hetero) is 1. The normalized spacial score (nSPS) is 11.4. The average Bonchev–Trinajstić information content (AvgIpc) is 2.50. The van der Waals surface area contributed by atoms with Crippen LogP contribution in [-0.2, 0) is 14.3 Å². The molecule has 0 saturated heterocycles. The summed E-state index contributed by atoms with van der Waals surface area (Å²) in [5.74, 6) is -1.65. The van der Waals surface area contributed by atoms with Gasteiger partial charge in [0, 0.05) is 18.1 Å². The van der Waals surface area contributed by atoms with Crippen molar-refractivity contribution in [2.24, 2.45) is 0 Å². The van der Waals surface area contributed by atoms with Crippen LogP contribution in [0.5, 0.6) is 0 Å². The number of hydrogen-bond acceptors (Lipinski definition) is 6. The molecule has 0 aliphatic heterocycles. The summed E-state index contributed by atoms with van der Waals surface area (Å²) in [5, 5.41) is 9.27. The van der Waals surface area contributed by atoms with Crippen molar-refractivity contribution in [3.8, 4) is 0 Å². The van der Waals surface area contributed by atoms with Gasteiger partial charge in [0.1, 0.15) is 13.2 Å². The van der Waals surface area contributed by atoms with Crippen molar-refractivity contribution in [2.75, 3.05) is 13.2 Å². The smallest absolute Gasteiger partial charge is 0.338 e. The first-order chi connectivity index (χ1) is 10.5. The van der Waals surface area contributed by atoms with Gasteiger partial charge in [-0.05, 0) is 13.0 Å². The highest BCUT2D eigenvalue weighted by molar-refractivity contribution is 6.06. The number of carbonyl (C=O) groups is 3. The van der Waals surface area contributed by atoms with Gasteiger partial charge >= 0.3 is 11.9 Å². The summed E-state index contributed by atoms with van der Waals surface area (Å²) >= 11 is 0. The van der Waals surface area contributed by atoms with Crippen LogP contribution < -0.4 is 0 Å². The number of aliphatic hydroxyl groups is 1. The van der Waals surface area contributed by atoms with Gasteiger partial charge < -0.3 is 14.6 Å². The number of ether oxygens (including phenoxy) is 2. The number of carbonyl (C=O) groups excluding carboxylic acids is 3. The summed E-state index contributed by atoms with van der Waals surface area (Å²) in [6.07, 6.45) is 0.127. The van der Waals surface area contributed by atoms with E-state index in [2.05, 4.69) is 11.3 Å². The molecule has 1 atom stereocenters. The molecular formula is C16H18O6. The standard InChI is InChI=1S/C16H18O6/c1-3-15(19)21-8-9-22-16(20)13-7-5-4-6-12(13)14(18)10-11(2)17/h3-7,11,17H,1,8-10H2,2H3. The Balaban J connectivity index is 2.67. The molecule has 0 saturated carbocycles. The highest BCUT2D eigenvalue weighted by Gasteiger charge is 2.18. The predicted molar refractivity (Wildman–Crippen MR) is 78.5 cm³/mol. The minimum absolute atomic E-state index is 0.0821. The third-order valence-corrected chi connectivity index (χ3v) is 2.66. The molecular weight excluding hydrogens is 288 g/mol. The number of ketones is 1. The van der Waals surface area contributed by atoms with E-state index in [0.717, 1.165) is 6.08 Å². The van der Waals surface area contributed by atoms with Gasteiger partial charge in [0.25, 0.3) is 0 Å². The van der Waals surface area contributed by atoms with Crippen molar-refractivity contribution in [1.29, 1.82) is 0 Å². The fourth-order valence-corrected chi connectivity index (χ4v) is 1.70. The number of aliphatic hydroxyl groups excluding tert-OH is 1. The lowest BCUT2D eigenvalue weighted by molar-refractivity contribution is -0.138. The maximum absolute atomic E-state index is 12.0. The third kappa shape index (κ3) is 5.49. The molecule has 6 nitrogen and oxygen atoms in total. The maximum atomic E-state index is 12.0. The van der Waals surface area contributed by atoms with Gasteiger partial charge in [0.2, 0.25) is 0 Å². The largest absolute Gasteiger partial charge is 0.459 e. The highest BCUT2D eigenvalue weighted by atomic mass is 16.6. The fourth-order valence-electron chi connectivity index (χ4n) is 1.70.